The maximum atomic E-state index is 11.8. The van der Waals surface area contributed by atoms with E-state index in [0.29, 0.717) is 12.2 Å². The predicted octanol–water partition coefficient (Wildman–Crippen LogP) is 2.05. The molecular formula is C11H18O2. The standard InChI is InChI=1S/C11H18O2/c12-9-5-1-3-7-11(9)8-4-2-6-10(11)13/h9,12H,1-8H2/t9-,11-/m1/s1. The van der Waals surface area contributed by atoms with Crippen molar-refractivity contribution in [1.29, 1.82) is 0 Å². The molecule has 0 heterocycles. The average molecular weight is 182 g/mol. The number of ketones is 1. The van der Waals surface area contributed by atoms with E-state index >= 15 is 0 Å². The molecule has 0 saturated heterocycles. The summed E-state index contributed by atoms with van der Waals surface area (Å²) in [6.07, 6.45) is 7.46. The summed E-state index contributed by atoms with van der Waals surface area (Å²) in [5.74, 6) is 0.339. The van der Waals surface area contributed by atoms with Crippen LogP contribution in [0.25, 0.3) is 0 Å². The minimum atomic E-state index is -0.339. The second kappa shape index (κ2) is 3.41. The van der Waals surface area contributed by atoms with Gasteiger partial charge in [0.2, 0.25) is 0 Å². The van der Waals surface area contributed by atoms with Crippen LogP contribution in [0.5, 0.6) is 0 Å². The van der Waals surface area contributed by atoms with E-state index in [9.17, 15) is 9.90 Å². The summed E-state index contributed by atoms with van der Waals surface area (Å²) in [5.41, 5.74) is -0.309. The average Bonchev–Trinajstić information content (AvgIpc) is 2.15. The van der Waals surface area contributed by atoms with Gasteiger partial charge in [-0.2, -0.15) is 0 Å². The summed E-state index contributed by atoms with van der Waals surface area (Å²) in [5, 5.41) is 9.93. The molecule has 2 atom stereocenters. The Morgan fingerprint density at radius 2 is 1.85 bits per heavy atom. The summed E-state index contributed by atoms with van der Waals surface area (Å²) < 4.78 is 0. The molecule has 74 valence electrons. The number of hydrogen-bond acceptors (Lipinski definition) is 2. The van der Waals surface area contributed by atoms with Gasteiger partial charge in [-0.25, -0.2) is 0 Å². The second-order valence-electron chi connectivity index (χ2n) is 4.55. The Balaban J connectivity index is 2.18. The first-order valence-electron chi connectivity index (χ1n) is 5.47. The van der Waals surface area contributed by atoms with Crippen LogP contribution in [0.4, 0.5) is 0 Å². The Morgan fingerprint density at radius 1 is 1.15 bits per heavy atom. The highest BCUT2D eigenvalue weighted by Crippen LogP contribution is 2.45. The molecule has 0 radical (unpaired) electrons. The lowest BCUT2D eigenvalue weighted by atomic mass is 9.63. The highest BCUT2D eigenvalue weighted by atomic mass is 16.3. The number of carbonyl (C=O) groups excluding carboxylic acids is 1. The number of Topliss-reactive ketones (excluding diaryl/α,β-unsaturated/α-hetero) is 1. The molecule has 0 unspecified atom stereocenters. The van der Waals surface area contributed by atoms with E-state index in [0.717, 1.165) is 44.9 Å². The first-order chi connectivity index (χ1) is 6.26. The molecule has 0 aliphatic heterocycles. The highest BCUT2D eigenvalue weighted by molar-refractivity contribution is 5.86. The second-order valence-corrected chi connectivity index (χ2v) is 4.55. The molecule has 0 amide bonds. The molecule has 0 aromatic carbocycles. The minimum Gasteiger partial charge on any atom is -0.392 e. The third kappa shape index (κ3) is 1.41. The van der Waals surface area contributed by atoms with Crippen LogP contribution < -0.4 is 0 Å². The Labute approximate surface area is 79.3 Å². The molecule has 2 rings (SSSR count). The van der Waals surface area contributed by atoms with Crippen LogP contribution in [0.1, 0.15) is 51.4 Å². The number of aliphatic hydroxyl groups excluding tert-OH is 1. The summed E-state index contributed by atoms with van der Waals surface area (Å²) in [6, 6.07) is 0. The van der Waals surface area contributed by atoms with Crippen LogP contribution in [0.3, 0.4) is 0 Å². The number of aliphatic hydroxyl groups is 1. The number of hydrogen-bond donors (Lipinski definition) is 1. The Hall–Kier alpha value is -0.370. The molecular weight excluding hydrogens is 164 g/mol. The van der Waals surface area contributed by atoms with Gasteiger partial charge in [0.1, 0.15) is 5.78 Å². The fraction of sp³-hybridized carbons (Fsp3) is 0.909. The van der Waals surface area contributed by atoms with Crippen LogP contribution >= 0.6 is 0 Å². The van der Waals surface area contributed by atoms with Crippen LogP contribution in [-0.2, 0) is 4.79 Å². The van der Waals surface area contributed by atoms with Gasteiger partial charge < -0.3 is 5.11 Å². The zero-order chi connectivity index (χ0) is 9.31. The van der Waals surface area contributed by atoms with E-state index in [1.54, 1.807) is 0 Å². The summed E-state index contributed by atoms with van der Waals surface area (Å²) >= 11 is 0. The monoisotopic (exact) mass is 182 g/mol. The van der Waals surface area contributed by atoms with Crippen LogP contribution in [0.2, 0.25) is 0 Å². The van der Waals surface area contributed by atoms with E-state index in [1.165, 1.54) is 0 Å². The molecule has 1 N–H and O–H groups in total. The zero-order valence-electron chi connectivity index (χ0n) is 8.09. The van der Waals surface area contributed by atoms with Crippen molar-refractivity contribution in [3.05, 3.63) is 0 Å². The van der Waals surface area contributed by atoms with Crippen LogP contribution in [-0.4, -0.2) is 17.0 Å². The molecule has 13 heavy (non-hydrogen) atoms. The molecule has 0 aromatic rings. The van der Waals surface area contributed by atoms with Gasteiger partial charge in [-0.1, -0.05) is 19.3 Å². The lowest BCUT2D eigenvalue weighted by Crippen LogP contribution is -2.46. The molecule has 1 spiro atoms. The van der Waals surface area contributed by atoms with E-state index in [2.05, 4.69) is 0 Å². The molecule has 2 fully saturated rings. The molecule has 2 saturated carbocycles. The summed E-state index contributed by atoms with van der Waals surface area (Å²) in [6.45, 7) is 0. The number of carbonyl (C=O) groups is 1. The van der Waals surface area contributed by atoms with Crippen molar-refractivity contribution in [1.82, 2.24) is 0 Å². The van der Waals surface area contributed by atoms with Crippen molar-refractivity contribution in [2.24, 2.45) is 5.41 Å². The maximum absolute atomic E-state index is 11.8. The van der Waals surface area contributed by atoms with Gasteiger partial charge in [0.05, 0.1) is 11.5 Å². The van der Waals surface area contributed by atoms with Crippen LogP contribution in [0.15, 0.2) is 0 Å². The van der Waals surface area contributed by atoms with E-state index in [1.807, 2.05) is 0 Å². The van der Waals surface area contributed by atoms with Crippen LogP contribution in [0, 0.1) is 5.41 Å². The van der Waals surface area contributed by atoms with Crippen molar-refractivity contribution in [2.75, 3.05) is 0 Å². The van der Waals surface area contributed by atoms with Gasteiger partial charge in [0, 0.05) is 6.42 Å². The van der Waals surface area contributed by atoms with Gasteiger partial charge in [-0.3, -0.25) is 4.79 Å². The summed E-state index contributed by atoms with van der Waals surface area (Å²) in [4.78, 5) is 11.8. The highest BCUT2D eigenvalue weighted by Gasteiger charge is 2.46. The molecule has 0 bridgehead atoms. The minimum absolute atomic E-state index is 0.309. The molecule has 2 aliphatic rings. The quantitative estimate of drug-likeness (QED) is 0.622. The van der Waals surface area contributed by atoms with Crippen molar-refractivity contribution in [3.8, 4) is 0 Å². The van der Waals surface area contributed by atoms with Gasteiger partial charge in [-0.05, 0) is 25.7 Å². The van der Waals surface area contributed by atoms with Gasteiger partial charge in [-0.15, -0.1) is 0 Å². The van der Waals surface area contributed by atoms with Crippen molar-refractivity contribution >= 4 is 5.78 Å². The Kier molecular flexibility index (Phi) is 2.41. The van der Waals surface area contributed by atoms with Crippen molar-refractivity contribution < 1.29 is 9.90 Å². The fourth-order valence-electron chi connectivity index (χ4n) is 2.95. The SMILES string of the molecule is O=C1CCCC[C@@]12CCCC[C@H]2O. The normalized spacial score (nSPS) is 41.0. The van der Waals surface area contributed by atoms with Crippen molar-refractivity contribution in [2.45, 2.75) is 57.5 Å². The molecule has 2 nitrogen and oxygen atoms in total. The zero-order valence-corrected chi connectivity index (χ0v) is 8.09. The number of rotatable bonds is 0. The Bertz CT molecular complexity index is 206. The van der Waals surface area contributed by atoms with Gasteiger partial charge in [0.25, 0.3) is 0 Å². The predicted molar refractivity (Wildman–Crippen MR) is 50.4 cm³/mol. The molecule has 2 aliphatic carbocycles. The summed E-state index contributed by atoms with van der Waals surface area (Å²) in [7, 11) is 0. The van der Waals surface area contributed by atoms with Gasteiger partial charge >= 0.3 is 0 Å². The maximum Gasteiger partial charge on any atom is 0.141 e. The molecule has 0 aromatic heterocycles. The van der Waals surface area contributed by atoms with E-state index < -0.39 is 0 Å². The van der Waals surface area contributed by atoms with Gasteiger partial charge in [0.15, 0.2) is 0 Å². The van der Waals surface area contributed by atoms with Crippen molar-refractivity contribution in [3.63, 3.8) is 0 Å². The Morgan fingerprint density at radius 3 is 2.54 bits per heavy atom. The van der Waals surface area contributed by atoms with E-state index in [4.69, 9.17) is 0 Å². The largest absolute Gasteiger partial charge is 0.392 e. The smallest absolute Gasteiger partial charge is 0.141 e. The topological polar surface area (TPSA) is 37.3 Å². The third-order valence-electron chi connectivity index (χ3n) is 3.82. The lowest BCUT2D eigenvalue weighted by Gasteiger charge is -2.42. The first kappa shape index (κ1) is 9.20. The first-order valence-corrected chi connectivity index (χ1v) is 5.47. The van der Waals surface area contributed by atoms with E-state index in [-0.39, 0.29) is 11.5 Å². The molecule has 2 heteroatoms. The fourth-order valence-corrected chi connectivity index (χ4v) is 2.95. The third-order valence-corrected chi connectivity index (χ3v) is 3.82. The lowest BCUT2D eigenvalue weighted by molar-refractivity contribution is -0.143.